The fourth-order valence-electron chi connectivity index (χ4n) is 3.43. The number of carbonyl (C=O) groups is 2. The van der Waals surface area contributed by atoms with Crippen LogP contribution >= 0.6 is 11.3 Å². The number of thiophene rings is 1. The molecule has 27 heavy (non-hydrogen) atoms. The largest absolute Gasteiger partial charge is 0.478 e. The summed E-state index contributed by atoms with van der Waals surface area (Å²) in [5, 5.41) is 14.9. The normalized spacial score (nSPS) is 16.8. The summed E-state index contributed by atoms with van der Waals surface area (Å²) in [4.78, 5) is 35.4. The average Bonchev–Trinajstić information content (AvgIpc) is 3.38. The van der Waals surface area contributed by atoms with E-state index in [0.29, 0.717) is 11.5 Å². The second-order valence-corrected chi connectivity index (χ2v) is 7.29. The zero-order chi connectivity index (χ0) is 19.0. The molecule has 1 aliphatic heterocycles. The van der Waals surface area contributed by atoms with Gasteiger partial charge in [0.05, 0.1) is 11.9 Å². The van der Waals surface area contributed by atoms with Gasteiger partial charge in [-0.3, -0.25) is 4.79 Å². The van der Waals surface area contributed by atoms with Gasteiger partial charge in [-0.1, -0.05) is 0 Å². The zero-order valence-electron chi connectivity index (χ0n) is 14.6. The minimum Gasteiger partial charge on any atom is -0.478 e. The van der Waals surface area contributed by atoms with Crippen LogP contribution in [0.5, 0.6) is 0 Å². The molecule has 4 rings (SSSR count). The Hall–Kier alpha value is -2.94. The molecule has 0 aliphatic carbocycles. The quantitative estimate of drug-likeness (QED) is 0.694. The molecule has 0 bridgehead atoms. The van der Waals surface area contributed by atoms with E-state index in [1.165, 1.54) is 12.4 Å². The molecular weight excluding hydrogens is 368 g/mol. The lowest BCUT2D eigenvalue weighted by molar-refractivity contribution is -0.122. The molecule has 3 aromatic rings. The Balaban J connectivity index is 1.49. The van der Waals surface area contributed by atoms with Crippen LogP contribution in [0.1, 0.15) is 34.7 Å². The summed E-state index contributed by atoms with van der Waals surface area (Å²) in [7, 11) is 0. The van der Waals surface area contributed by atoms with E-state index < -0.39 is 5.97 Å². The third-order valence-electron chi connectivity index (χ3n) is 4.70. The number of aryl methyl sites for hydroxylation is 1. The van der Waals surface area contributed by atoms with E-state index in [1.54, 1.807) is 18.3 Å². The van der Waals surface area contributed by atoms with Crippen LogP contribution in [-0.2, 0) is 11.3 Å². The first-order valence-corrected chi connectivity index (χ1v) is 9.47. The highest BCUT2D eigenvalue weighted by molar-refractivity contribution is 7.16. The van der Waals surface area contributed by atoms with E-state index in [4.69, 9.17) is 9.52 Å². The van der Waals surface area contributed by atoms with Crippen molar-refractivity contribution in [3.8, 4) is 0 Å². The van der Waals surface area contributed by atoms with Crippen molar-refractivity contribution in [3.05, 3.63) is 40.9 Å². The summed E-state index contributed by atoms with van der Waals surface area (Å²) >= 11 is 1.54. The number of amides is 1. The number of carboxylic acid groups (broad SMARTS) is 1. The lowest BCUT2D eigenvalue weighted by Gasteiger charge is -2.25. The molecule has 4 heterocycles. The van der Waals surface area contributed by atoms with E-state index in [2.05, 4.69) is 15.3 Å². The van der Waals surface area contributed by atoms with Crippen molar-refractivity contribution >= 4 is 39.2 Å². The number of hydrogen-bond donors (Lipinski definition) is 2. The van der Waals surface area contributed by atoms with Crippen molar-refractivity contribution in [1.29, 1.82) is 0 Å². The third-order valence-corrected chi connectivity index (χ3v) is 5.53. The van der Waals surface area contributed by atoms with Gasteiger partial charge < -0.3 is 19.7 Å². The Morgan fingerprint density at radius 1 is 1.44 bits per heavy atom. The number of carbonyl (C=O) groups excluding carboxylic acids is 1. The molecule has 140 valence electrons. The van der Waals surface area contributed by atoms with Crippen LogP contribution in [0.2, 0.25) is 0 Å². The van der Waals surface area contributed by atoms with Crippen molar-refractivity contribution in [2.45, 2.75) is 32.4 Å². The molecule has 2 N–H and O–H groups in total. The summed E-state index contributed by atoms with van der Waals surface area (Å²) in [5.41, 5.74) is 0.113. The number of hydrogen-bond acceptors (Lipinski definition) is 7. The molecule has 0 saturated carbocycles. The summed E-state index contributed by atoms with van der Waals surface area (Å²) < 4.78 is 5.42. The van der Waals surface area contributed by atoms with Gasteiger partial charge in [0.25, 0.3) is 0 Å². The third kappa shape index (κ3) is 3.25. The smallest absolute Gasteiger partial charge is 0.339 e. The van der Waals surface area contributed by atoms with Crippen molar-refractivity contribution in [3.63, 3.8) is 0 Å². The predicted molar refractivity (Wildman–Crippen MR) is 100 cm³/mol. The van der Waals surface area contributed by atoms with Crippen LogP contribution in [0.25, 0.3) is 10.2 Å². The number of aromatic carboxylic acids is 1. The molecule has 8 nitrogen and oxygen atoms in total. The highest BCUT2D eigenvalue weighted by atomic mass is 32.1. The molecular formula is C18H18N4O4S. The molecule has 1 saturated heterocycles. The fourth-order valence-corrected chi connectivity index (χ4v) is 4.16. The highest BCUT2D eigenvalue weighted by Gasteiger charge is 2.32. The number of rotatable bonds is 5. The Morgan fingerprint density at radius 3 is 3.07 bits per heavy atom. The van der Waals surface area contributed by atoms with Gasteiger partial charge in [0, 0.05) is 6.54 Å². The number of anilines is 1. The van der Waals surface area contributed by atoms with Crippen LogP contribution in [0, 0.1) is 6.92 Å². The molecule has 1 fully saturated rings. The Morgan fingerprint density at radius 2 is 2.30 bits per heavy atom. The van der Waals surface area contributed by atoms with Crippen LogP contribution in [0.15, 0.2) is 28.3 Å². The summed E-state index contributed by atoms with van der Waals surface area (Å²) in [6.45, 7) is 2.49. The SMILES string of the molecule is Cc1oc(CNC(=O)[C@H]2CCCN2c2ncnc3sccc23)cc1C(=O)O. The number of carboxylic acids is 1. The molecule has 1 amide bonds. The first kappa shape index (κ1) is 17.5. The minimum absolute atomic E-state index is 0.113. The topological polar surface area (TPSA) is 109 Å². The van der Waals surface area contributed by atoms with E-state index >= 15 is 0 Å². The fraction of sp³-hybridized carbons (Fsp3) is 0.333. The molecule has 0 spiro atoms. The predicted octanol–water partition coefficient (Wildman–Crippen LogP) is 2.58. The number of nitrogens with zero attached hydrogens (tertiary/aromatic N) is 3. The Kier molecular flexibility index (Phi) is 4.53. The van der Waals surface area contributed by atoms with Gasteiger partial charge in [0.2, 0.25) is 5.91 Å². The van der Waals surface area contributed by atoms with E-state index in [9.17, 15) is 9.59 Å². The number of nitrogens with one attached hydrogen (secondary N) is 1. The average molecular weight is 386 g/mol. The standard InChI is InChI=1S/C18H18N4O4S/c1-10-13(18(24)25)7-11(26-10)8-19-16(23)14-3-2-5-22(14)15-12-4-6-27-17(12)21-9-20-15/h4,6-7,9,14H,2-3,5,8H2,1H3,(H,19,23)(H,24,25)/t14-/m1/s1. The zero-order valence-corrected chi connectivity index (χ0v) is 15.5. The van der Waals surface area contributed by atoms with Crippen molar-refractivity contribution in [2.24, 2.45) is 0 Å². The molecule has 3 aromatic heterocycles. The van der Waals surface area contributed by atoms with Gasteiger partial charge in [0.1, 0.15) is 40.1 Å². The second-order valence-electron chi connectivity index (χ2n) is 6.39. The number of fused-ring (bicyclic) bond motifs is 1. The van der Waals surface area contributed by atoms with Crippen molar-refractivity contribution < 1.29 is 19.1 Å². The molecule has 1 aliphatic rings. The maximum atomic E-state index is 12.8. The minimum atomic E-state index is -1.04. The maximum absolute atomic E-state index is 12.8. The van der Waals surface area contributed by atoms with Gasteiger partial charge in [-0.2, -0.15) is 0 Å². The van der Waals surface area contributed by atoms with Gasteiger partial charge >= 0.3 is 5.97 Å². The van der Waals surface area contributed by atoms with Crippen LogP contribution in [0.4, 0.5) is 5.82 Å². The molecule has 9 heteroatoms. The van der Waals surface area contributed by atoms with Crippen molar-refractivity contribution in [1.82, 2.24) is 15.3 Å². The van der Waals surface area contributed by atoms with Crippen LogP contribution in [0.3, 0.4) is 0 Å². The second kappa shape index (κ2) is 6.99. The van der Waals surface area contributed by atoms with E-state index in [1.807, 2.05) is 16.3 Å². The van der Waals surface area contributed by atoms with Gasteiger partial charge in [-0.25, -0.2) is 14.8 Å². The number of aromatic nitrogens is 2. The monoisotopic (exact) mass is 386 g/mol. The first-order chi connectivity index (χ1) is 13.0. The lowest BCUT2D eigenvalue weighted by atomic mass is 10.2. The Bertz CT molecular complexity index is 1010. The highest BCUT2D eigenvalue weighted by Crippen LogP contribution is 2.31. The molecule has 1 atom stereocenters. The van der Waals surface area contributed by atoms with Gasteiger partial charge in [-0.05, 0) is 37.3 Å². The van der Waals surface area contributed by atoms with E-state index in [0.717, 1.165) is 35.4 Å². The lowest BCUT2D eigenvalue weighted by Crippen LogP contribution is -2.43. The Labute approximate surface area is 158 Å². The van der Waals surface area contributed by atoms with Gasteiger partial charge in [-0.15, -0.1) is 11.3 Å². The van der Waals surface area contributed by atoms with Gasteiger partial charge in [0.15, 0.2) is 0 Å². The summed E-state index contributed by atoms with van der Waals surface area (Å²) in [6, 6.07) is 3.10. The molecule has 0 unspecified atom stereocenters. The van der Waals surface area contributed by atoms with E-state index in [-0.39, 0.29) is 24.1 Å². The van der Waals surface area contributed by atoms with Crippen LogP contribution < -0.4 is 10.2 Å². The van der Waals surface area contributed by atoms with Crippen LogP contribution in [-0.4, -0.2) is 39.5 Å². The van der Waals surface area contributed by atoms with Crippen molar-refractivity contribution in [2.75, 3.05) is 11.4 Å². The summed E-state index contributed by atoms with van der Waals surface area (Å²) in [6.07, 6.45) is 3.16. The summed E-state index contributed by atoms with van der Waals surface area (Å²) in [5.74, 6) is 0.362. The first-order valence-electron chi connectivity index (χ1n) is 8.59. The molecule has 0 aromatic carbocycles. The molecule has 0 radical (unpaired) electrons. The number of furan rings is 1. The maximum Gasteiger partial charge on any atom is 0.339 e.